The monoisotopic (exact) mass is 265 g/mol. The molecular formula is C14H19NO4. The first-order valence-electron chi connectivity index (χ1n) is 6.07. The van der Waals surface area contributed by atoms with Gasteiger partial charge in [-0.3, -0.25) is 9.59 Å². The van der Waals surface area contributed by atoms with Crippen molar-refractivity contribution in [2.45, 2.75) is 13.3 Å². The number of carbonyl (C=O) groups is 2. The molecule has 0 aromatic heterocycles. The van der Waals surface area contributed by atoms with Crippen LogP contribution in [-0.4, -0.2) is 42.6 Å². The van der Waals surface area contributed by atoms with Crippen molar-refractivity contribution in [1.82, 2.24) is 4.90 Å². The Labute approximate surface area is 112 Å². The highest BCUT2D eigenvalue weighted by Crippen LogP contribution is 2.18. The molecular weight excluding hydrogens is 246 g/mol. The first-order chi connectivity index (χ1) is 8.97. The standard InChI is InChI=1S/C14H19NO4/c1-10(14(17)18)13(16)15(2)9-8-11-6-4-5-7-12(11)19-3/h4-7,10H,8-9H2,1-3H3,(H,17,18). The normalized spacial score (nSPS) is 11.7. The van der Waals surface area contributed by atoms with Crippen molar-refractivity contribution in [3.05, 3.63) is 29.8 Å². The van der Waals surface area contributed by atoms with Gasteiger partial charge in [0, 0.05) is 13.6 Å². The number of aliphatic carboxylic acids is 1. The molecule has 0 heterocycles. The molecule has 0 aliphatic heterocycles. The predicted molar refractivity (Wildman–Crippen MR) is 71.1 cm³/mol. The van der Waals surface area contributed by atoms with E-state index < -0.39 is 11.9 Å². The molecule has 0 spiro atoms. The molecule has 0 aliphatic carbocycles. The highest BCUT2D eigenvalue weighted by atomic mass is 16.5. The Bertz CT molecular complexity index is 459. The van der Waals surface area contributed by atoms with Crippen molar-refractivity contribution in [2.24, 2.45) is 5.92 Å². The number of carboxylic acids is 1. The molecule has 1 unspecified atom stereocenters. The Balaban J connectivity index is 2.61. The van der Waals surface area contributed by atoms with Gasteiger partial charge in [-0.05, 0) is 25.0 Å². The van der Waals surface area contributed by atoms with Crippen LogP contribution in [0, 0.1) is 5.92 Å². The van der Waals surface area contributed by atoms with E-state index in [0.717, 1.165) is 11.3 Å². The summed E-state index contributed by atoms with van der Waals surface area (Å²) < 4.78 is 5.23. The van der Waals surface area contributed by atoms with Crippen LogP contribution in [0.2, 0.25) is 0 Å². The van der Waals surface area contributed by atoms with E-state index in [9.17, 15) is 9.59 Å². The molecule has 1 N–H and O–H groups in total. The largest absolute Gasteiger partial charge is 0.496 e. The smallest absolute Gasteiger partial charge is 0.315 e. The first-order valence-corrected chi connectivity index (χ1v) is 6.07. The van der Waals surface area contributed by atoms with Gasteiger partial charge in [-0.15, -0.1) is 0 Å². The van der Waals surface area contributed by atoms with Gasteiger partial charge in [-0.1, -0.05) is 18.2 Å². The molecule has 1 rings (SSSR count). The summed E-state index contributed by atoms with van der Waals surface area (Å²) in [6, 6.07) is 7.57. The molecule has 0 radical (unpaired) electrons. The molecule has 1 amide bonds. The van der Waals surface area contributed by atoms with Crippen molar-refractivity contribution in [3.63, 3.8) is 0 Å². The van der Waals surface area contributed by atoms with Crippen LogP contribution in [-0.2, 0) is 16.0 Å². The maximum Gasteiger partial charge on any atom is 0.315 e. The topological polar surface area (TPSA) is 66.8 Å². The zero-order valence-electron chi connectivity index (χ0n) is 11.4. The number of hydrogen-bond acceptors (Lipinski definition) is 3. The highest BCUT2D eigenvalue weighted by Gasteiger charge is 2.23. The molecule has 1 atom stereocenters. The number of hydrogen-bond donors (Lipinski definition) is 1. The molecule has 0 aliphatic rings. The lowest BCUT2D eigenvalue weighted by molar-refractivity contribution is -0.149. The average molecular weight is 265 g/mol. The van der Waals surface area contributed by atoms with Crippen molar-refractivity contribution in [2.75, 3.05) is 20.7 Å². The highest BCUT2D eigenvalue weighted by molar-refractivity contribution is 5.96. The van der Waals surface area contributed by atoms with Crippen molar-refractivity contribution in [3.8, 4) is 5.75 Å². The number of nitrogens with zero attached hydrogens (tertiary/aromatic N) is 1. The number of carboxylic acid groups (broad SMARTS) is 1. The molecule has 1 aromatic rings. The number of methoxy groups -OCH3 is 1. The average Bonchev–Trinajstić information content (AvgIpc) is 2.43. The number of benzene rings is 1. The van der Waals surface area contributed by atoms with Gasteiger partial charge in [0.1, 0.15) is 11.7 Å². The van der Waals surface area contributed by atoms with Crippen molar-refractivity contribution in [1.29, 1.82) is 0 Å². The number of rotatable bonds is 6. The summed E-state index contributed by atoms with van der Waals surface area (Å²) in [5.41, 5.74) is 0.993. The maximum atomic E-state index is 11.8. The molecule has 104 valence electrons. The van der Waals surface area contributed by atoms with Crippen LogP contribution < -0.4 is 4.74 Å². The summed E-state index contributed by atoms with van der Waals surface area (Å²) in [5, 5.41) is 8.80. The molecule has 5 heteroatoms. The molecule has 0 saturated heterocycles. The molecule has 0 fully saturated rings. The SMILES string of the molecule is COc1ccccc1CCN(C)C(=O)C(C)C(=O)O. The number of para-hydroxylation sites is 1. The van der Waals surface area contributed by atoms with E-state index in [4.69, 9.17) is 9.84 Å². The van der Waals surface area contributed by atoms with Gasteiger partial charge in [-0.2, -0.15) is 0 Å². The van der Waals surface area contributed by atoms with Gasteiger partial charge in [0.05, 0.1) is 7.11 Å². The summed E-state index contributed by atoms with van der Waals surface area (Å²) in [6.45, 7) is 1.85. The predicted octanol–water partition coefficient (Wildman–Crippen LogP) is 1.42. The summed E-state index contributed by atoms with van der Waals surface area (Å²) in [5.74, 6) is -1.73. The Morgan fingerprint density at radius 1 is 1.37 bits per heavy atom. The van der Waals surface area contributed by atoms with E-state index in [1.165, 1.54) is 11.8 Å². The minimum absolute atomic E-state index is 0.387. The summed E-state index contributed by atoms with van der Waals surface area (Å²) in [4.78, 5) is 24.0. The second-order valence-corrected chi connectivity index (χ2v) is 4.38. The zero-order chi connectivity index (χ0) is 14.4. The molecule has 19 heavy (non-hydrogen) atoms. The van der Waals surface area contributed by atoms with E-state index in [0.29, 0.717) is 13.0 Å². The second-order valence-electron chi connectivity index (χ2n) is 4.38. The Kier molecular flexibility index (Phi) is 5.36. The van der Waals surface area contributed by atoms with Crippen LogP contribution in [0.15, 0.2) is 24.3 Å². The number of amides is 1. The van der Waals surface area contributed by atoms with Crippen LogP contribution >= 0.6 is 0 Å². The van der Waals surface area contributed by atoms with Crippen LogP contribution in [0.25, 0.3) is 0 Å². The fraction of sp³-hybridized carbons (Fsp3) is 0.429. The van der Waals surface area contributed by atoms with Gasteiger partial charge in [0.25, 0.3) is 0 Å². The van der Waals surface area contributed by atoms with E-state index in [1.807, 2.05) is 24.3 Å². The van der Waals surface area contributed by atoms with Gasteiger partial charge in [0.15, 0.2) is 0 Å². The third kappa shape index (κ3) is 3.98. The quantitative estimate of drug-likeness (QED) is 0.790. The number of carbonyl (C=O) groups excluding carboxylic acids is 1. The van der Waals surface area contributed by atoms with Crippen LogP contribution in [0.3, 0.4) is 0 Å². The Morgan fingerprint density at radius 2 is 2.00 bits per heavy atom. The lowest BCUT2D eigenvalue weighted by atomic mass is 10.1. The first kappa shape index (κ1) is 15.0. The number of likely N-dealkylation sites (N-methyl/N-ethyl adjacent to an activating group) is 1. The van der Waals surface area contributed by atoms with E-state index in [1.54, 1.807) is 14.2 Å². The number of ether oxygens (including phenoxy) is 1. The summed E-state index contributed by atoms with van der Waals surface area (Å²) in [6.07, 6.45) is 0.624. The summed E-state index contributed by atoms with van der Waals surface area (Å²) >= 11 is 0. The second kappa shape index (κ2) is 6.78. The summed E-state index contributed by atoms with van der Waals surface area (Å²) in [7, 11) is 3.21. The van der Waals surface area contributed by atoms with E-state index in [-0.39, 0.29) is 5.91 Å². The third-order valence-electron chi connectivity index (χ3n) is 3.03. The van der Waals surface area contributed by atoms with Crippen LogP contribution in [0.5, 0.6) is 5.75 Å². The Morgan fingerprint density at radius 3 is 2.58 bits per heavy atom. The van der Waals surface area contributed by atoms with Gasteiger partial charge < -0.3 is 14.7 Å². The van der Waals surface area contributed by atoms with Crippen molar-refractivity contribution >= 4 is 11.9 Å². The fourth-order valence-corrected chi connectivity index (χ4v) is 1.74. The van der Waals surface area contributed by atoms with Crippen LogP contribution in [0.1, 0.15) is 12.5 Å². The van der Waals surface area contributed by atoms with Crippen LogP contribution in [0.4, 0.5) is 0 Å². The maximum absolute atomic E-state index is 11.8. The van der Waals surface area contributed by atoms with E-state index in [2.05, 4.69) is 0 Å². The lowest BCUT2D eigenvalue weighted by Gasteiger charge is -2.20. The minimum Gasteiger partial charge on any atom is -0.496 e. The zero-order valence-corrected chi connectivity index (χ0v) is 11.4. The minimum atomic E-state index is -1.10. The van der Waals surface area contributed by atoms with E-state index >= 15 is 0 Å². The molecule has 1 aromatic carbocycles. The third-order valence-corrected chi connectivity index (χ3v) is 3.03. The molecule has 0 saturated carbocycles. The van der Waals surface area contributed by atoms with Crippen molar-refractivity contribution < 1.29 is 19.4 Å². The Hall–Kier alpha value is -2.04. The molecule has 0 bridgehead atoms. The van der Waals surface area contributed by atoms with Gasteiger partial charge >= 0.3 is 5.97 Å². The van der Waals surface area contributed by atoms with Gasteiger partial charge in [0.2, 0.25) is 5.91 Å². The fourth-order valence-electron chi connectivity index (χ4n) is 1.74. The van der Waals surface area contributed by atoms with Gasteiger partial charge in [-0.25, -0.2) is 0 Å². The molecule has 5 nitrogen and oxygen atoms in total. The lowest BCUT2D eigenvalue weighted by Crippen LogP contribution is -2.36.